The summed E-state index contributed by atoms with van der Waals surface area (Å²) in [5.41, 5.74) is -3.00. The van der Waals surface area contributed by atoms with E-state index >= 15 is 0 Å². The number of nitro groups is 3. The number of phenols is 1. The van der Waals surface area contributed by atoms with Crippen molar-refractivity contribution in [1.29, 1.82) is 0 Å². The molecule has 1 aromatic rings. The molecule has 0 amide bonds. The van der Waals surface area contributed by atoms with Crippen LogP contribution in [0.1, 0.15) is 0 Å². The van der Waals surface area contributed by atoms with Crippen molar-refractivity contribution in [2.45, 2.75) is 0 Å². The first-order chi connectivity index (χ1) is 7.34. The van der Waals surface area contributed by atoms with E-state index < -0.39 is 37.6 Å². The molecule has 0 fully saturated rings. The second-order valence-electron chi connectivity index (χ2n) is 2.60. The van der Waals surface area contributed by atoms with Crippen molar-refractivity contribution in [3.05, 3.63) is 42.5 Å². The van der Waals surface area contributed by atoms with Gasteiger partial charge in [0.15, 0.2) is 0 Å². The molecule has 0 aliphatic carbocycles. The largest absolute Gasteiger partial charge is 1.00 e. The number of benzene rings is 1. The van der Waals surface area contributed by atoms with E-state index in [0.29, 0.717) is 12.1 Å². The molecule has 0 saturated carbocycles. The first kappa shape index (κ1) is 15.2. The summed E-state index contributed by atoms with van der Waals surface area (Å²) in [6, 6.07) is 0.894. The summed E-state index contributed by atoms with van der Waals surface area (Å²) in [6.45, 7) is 0. The molecule has 1 rings (SSSR count). The van der Waals surface area contributed by atoms with Gasteiger partial charge in [0, 0.05) is 0 Å². The summed E-state index contributed by atoms with van der Waals surface area (Å²) in [5, 5.41) is 40.2. The van der Waals surface area contributed by atoms with Gasteiger partial charge in [-0.15, -0.1) is 0 Å². The van der Waals surface area contributed by atoms with Gasteiger partial charge in [-0.25, -0.2) is 0 Å². The van der Waals surface area contributed by atoms with Gasteiger partial charge in [0.2, 0.25) is 0 Å². The van der Waals surface area contributed by atoms with Gasteiger partial charge < -0.3 is 5.11 Å². The molecule has 11 heteroatoms. The normalized spacial score (nSPS) is 9.18. The zero-order valence-electron chi connectivity index (χ0n) is 8.39. The monoisotopic (exact) mass is 252 g/mol. The molecule has 0 unspecified atom stereocenters. The second kappa shape index (κ2) is 5.52. The fourth-order valence-corrected chi connectivity index (χ4v) is 0.974. The van der Waals surface area contributed by atoms with Crippen LogP contribution < -0.4 is 29.6 Å². The number of nitrogens with zero attached hydrogens (tertiary/aromatic N) is 3. The maximum absolute atomic E-state index is 10.4. The standard InChI is InChI=1S/C6H3N3O7.Na/c10-6-4(8(13)14)1-3(7(11)12)2-5(6)9(15)16;/h1-2,10H;/q;+1. The Morgan fingerprint density at radius 2 is 1.24 bits per heavy atom. The number of phenolic OH excluding ortho intramolecular Hbond substituents is 1. The first-order valence-corrected chi connectivity index (χ1v) is 3.64. The smallest absolute Gasteiger partial charge is 0.497 e. The number of aromatic hydroxyl groups is 1. The van der Waals surface area contributed by atoms with Crippen LogP contribution in [0.4, 0.5) is 17.1 Å². The summed E-state index contributed by atoms with van der Waals surface area (Å²) in [4.78, 5) is 27.8. The van der Waals surface area contributed by atoms with Crippen molar-refractivity contribution in [1.82, 2.24) is 0 Å². The van der Waals surface area contributed by atoms with E-state index in [9.17, 15) is 30.3 Å². The number of hydrogen-bond acceptors (Lipinski definition) is 7. The predicted octanol–water partition coefficient (Wildman–Crippen LogP) is -1.88. The predicted molar refractivity (Wildman–Crippen MR) is 48.1 cm³/mol. The number of hydrogen-bond donors (Lipinski definition) is 1. The van der Waals surface area contributed by atoms with E-state index in [4.69, 9.17) is 5.11 Å². The SMILES string of the molecule is O=[N+]([O-])c1cc([N+](=O)[O-])c(O)c([N+](=O)[O-])c1.[Na+]. The van der Waals surface area contributed by atoms with Crippen LogP contribution in [0.25, 0.3) is 0 Å². The van der Waals surface area contributed by atoms with E-state index in [-0.39, 0.29) is 29.6 Å². The second-order valence-corrected chi connectivity index (χ2v) is 2.60. The van der Waals surface area contributed by atoms with Gasteiger partial charge in [0.25, 0.3) is 11.4 Å². The molecule has 0 saturated heterocycles. The van der Waals surface area contributed by atoms with Gasteiger partial charge in [-0.05, 0) is 0 Å². The minimum absolute atomic E-state index is 0. The van der Waals surface area contributed by atoms with Crippen molar-refractivity contribution < 1.29 is 49.4 Å². The molecule has 0 atom stereocenters. The number of rotatable bonds is 3. The molecule has 1 aromatic carbocycles. The van der Waals surface area contributed by atoms with Crippen molar-refractivity contribution in [3.63, 3.8) is 0 Å². The van der Waals surface area contributed by atoms with Gasteiger partial charge in [0.1, 0.15) is 0 Å². The van der Waals surface area contributed by atoms with E-state index in [1.165, 1.54) is 0 Å². The third-order valence-corrected chi connectivity index (χ3v) is 1.66. The van der Waals surface area contributed by atoms with Crippen LogP contribution in [0.5, 0.6) is 5.75 Å². The molecular weight excluding hydrogens is 249 g/mol. The van der Waals surface area contributed by atoms with Crippen LogP contribution in [0.15, 0.2) is 12.1 Å². The summed E-state index contributed by atoms with van der Waals surface area (Å²) in [5.74, 6) is -1.21. The number of nitro benzene ring substituents is 3. The fraction of sp³-hybridized carbons (Fsp3) is 0. The van der Waals surface area contributed by atoms with Gasteiger partial charge in [-0.2, -0.15) is 0 Å². The molecule has 0 radical (unpaired) electrons. The van der Waals surface area contributed by atoms with Crippen molar-refractivity contribution >= 4 is 17.1 Å². The van der Waals surface area contributed by atoms with E-state index in [1.807, 2.05) is 0 Å². The van der Waals surface area contributed by atoms with Crippen LogP contribution >= 0.6 is 0 Å². The van der Waals surface area contributed by atoms with Crippen LogP contribution in [-0.4, -0.2) is 19.9 Å². The van der Waals surface area contributed by atoms with Crippen molar-refractivity contribution in [2.24, 2.45) is 0 Å². The number of non-ortho nitro benzene ring substituents is 1. The van der Waals surface area contributed by atoms with E-state index in [0.717, 1.165) is 0 Å². The molecule has 0 aliphatic heterocycles. The summed E-state index contributed by atoms with van der Waals surface area (Å²) < 4.78 is 0. The molecule has 0 bridgehead atoms. The topological polar surface area (TPSA) is 150 Å². The summed E-state index contributed by atoms with van der Waals surface area (Å²) in [6.07, 6.45) is 0. The Labute approximate surface area is 115 Å². The quantitative estimate of drug-likeness (QED) is 0.375. The van der Waals surface area contributed by atoms with Gasteiger partial charge in [0.05, 0.1) is 26.9 Å². The summed E-state index contributed by atoms with van der Waals surface area (Å²) in [7, 11) is 0. The Morgan fingerprint density at radius 1 is 0.882 bits per heavy atom. The van der Waals surface area contributed by atoms with Crippen molar-refractivity contribution in [3.8, 4) is 5.75 Å². The minimum Gasteiger partial charge on any atom is -0.497 e. The Kier molecular flexibility index (Phi) is 4.94. The zero-order chi connectivity index (χ0) is 12.5. The molecule has 0 aromatic heterocycles. The molecule has 0 spiro atoms. The van der Waals surface area contributed by atoms with Gasteiger partial charge in [-0.1, -0.05) is 0 Å². The van der Waals surface area contributed by atoms with Gasteiger partial charge >= 0.3 is 40.9 Å². The van der Waals surface area contributed by atoms with E-state index in [1.54, 1.807) is 0 Å². The Balaban J connectivity index is 0.00000256. The molecule has 0 aliphatic rings. The average molecular weight is 252 g/mol. The molecule has 84 valence electrons. The maximum Gasteiger partial charge on any atom is 1.00 e. The first-order valence-electron chi connectivity index (χ1n) is 3.64. The molecule has 10 nitrogen and oxygen atoms in total. The Morgan fingerprint density at radius 3 is 1.47 bits per heavy atom. The minimum atomic E-state index is -1.21. The Bertz CT molecular complexity index is 467. The third-order valence-electron chi connectivity index (χ3n) is 1.66. The maximum atomic E-state index is 10.4. The average Bonchev–Trinajstić information content (AvgIpc) is 2.16. The molecular formula is C6H3N3NaO7+. The van der Waals surface area contributed by atoms with Crippen molar-refractivity contribution in [2.75, 3.05) is 0 Å². The Hall–Kier alpha value is -1.78. The third kappa shape index (κ3) is 3.09. The summed E-state index contributed by atoms with van der Waals surface area (Å²) >= 11 is 0. The fourth-order valence-electron chi connectivity index (χ4n) is 0.974. The van der Waals surface area contributed by atoms with Crippen LogP contribution in [0.2, 0.25) is 0 Å². The molecule has 17 heavy (non-hydrogen) atoms. The molecule has 1 N–H and O–H groups in total. The van der Waals surface area contributed by atoms with Crippen LogP contribution in [0, 0.1) is 30.3 Å². The molecule has 0 heterocycles. The zero-order valence-corrected chi connectivity index (χ0v) is 10.4. The van der Waals surface area contributed by atoms with Crippen LogP contribution in [-0.2, 0) is 0 Å². The van der Waals surface area contributed by atoms with E-state index in [2.05, 4.69) is 0 Å². The van der Waals surface area contributed by atoms with Crippen LogP contribution in [0.3, 0.4) is 0 Å². The van der Waals surface area contributed by atoms with Gasteiger partial charge in [-0.3, -0.25) is 30.3 Å².